The van der Waals surface area contributed by atoms with Crippen LogP contribution < -0.4 is 11.2 Å². The lowest BCUT2D eigenvalue weighted by atomic mass is 9.89. The van der Waals surface area contributed by atoms with Gasteiger partial charge in [-0.2, -0.15) is 0 Å². The maximum Gasteiger partial charge on any atom is 0.246 e. The summed E-state index contributed by atoms with van der Waals surface area (Å²) in [5, 5.41) is 0. The molecule has 4 heteroatoms. The van der Waals surface area contributed by atoms with Crippen molar-refractivity contribution in [1.82, 2.24) is 5.48 Å². The van der Waals surface area contributed by atoms with Crippen molar-refractivity contribution in [2.45, 2.75) is 32.1 Å². The van der Waals surface area contributed by atoms with Crippen LogP contribution in [0.25, 0.3) is 0 Å². The van der Waals surface area contributed by atoms with Gasteiger partial charge in [0.05, 0.1) is 6.61 Å². The van der Waals surface area contributed by atoms with Gasteiger partial charge in [-0.05, 0) is 12.8 Å². The number of carbonyl (C=O) groups excluding carboxylic acids is 1. The third-order valence-corrected chi connectivity index (χ3v) is 2.37. The van der Waals surface area contributed by atoms with Gasteiger partial charge in [-0.25, -0.2) is 5.48 Å². The molecule has 76 valence electrons. The van der Waals surface area contributed by atoms with E-state index in [9.17, 15) is 4.79 Å². The highest BCUT2D eigenvalue weighted by molar-refractivity contribution is 5.77. The zero-order valence-electron chi connectivity index (χ0n) is 7.92. The SMILES string of the molecule is NCCONC(=O)C1CCCCC1. The van der Waals surface area contributed by atoms with Gasteiger partial charge in [0.2, 0.25) is 5.91 Å². The molecule has 1 rings (SSSR count). The molecule has 3 N–H and O–H groups in total. The summed E-state index contributed by atoms with van der Waals surface area (Å²) in [6.07, 6.45) is 5.58. The molecule has 0 aromatic carbocycles. The lowest BCUT2D eigenvalue weighted by Gasteiger charge is -2.20. The Hall–Kier alpha value is -0.610. The molecule has 1 amide bonds. The monoisotopic (exact) mass is 186 g/mol. The molecule has 1 fully saturated rings. The van der Waals surface area contributed by atoms with Crippen LogP contribution in [-0.4, -0.2) is 19.1 Å². The average molecular weight is 186 g/mol. The van der Waals surface area contributed by atoms with Crippen molar-refractivity contribution in [1.29, 1.82) is 0 Å². The topological polar surface area (TPSA) is 64.3 Å². The predicted octanol–water partition coefficient (Wildman–Crippen LogP) is 0.573. The second-order valence-corrected chi connectivity index (χ2v) is 3.44. The Morgan fingerprint density at radius 2 is 2.08 bits per heavy atom. The lowest BCUT2D eigenvalue weighted by molar-refractivity contribution is -0.138. The van der Waals surface area contributed by atoms with E-state index in [1.54, 1.807) is 0 Å². The van der Waals surface area contributed by atoms with E-state index >= 15 is 0 Å². The first-order chi connectivity index (χ1) is 6.34. The molecule has 1 aliphatic carbocycles. The van der Waals surface area contributed by atoms with Crippen molar-refractivity contribution in [3.63, 3.8) is 0 Å². The molecule has 0 saturated heterocycles. The maximum atomic E-state index is 11.4. The van der Waals surface area contributed by atoms with E-state index in [1.807, 2.05) is 0 Å². The molecule has 4 nitrogen and oxygen atoms in total. The highest BCUT2D eigenvalue weighted by Gasteiger charge is 2.20. The Kier molecular flexibility index (Phi) is 4.78. The number of rotatable bonds is 4. The summed E-state index contributed by atoms with van der Waals surface area (Å²) < 4.78 is 0. The minimum Gasteiger partial charge on any atom is -0.328 e. The van der Waals surface area contributed by atoms with Crippen LogP contribution in [-0.2, 0) is 9.63 Å². The van der Waals surface area contributed by atoms with Crippen LogP contribution in [0.2, 0.25) is 0 Å². The van der Waals surface area contributed by atoms with Crippen molar-refractivity contribution in [2.75, 3.05) is 13.2 Å². The Balaban J connectivity index is 2.13. The molecule has 0 aromatic rings. The van der Waals surface area contributed by atoms with Crippen LogP contribution in [0, 0.1) is 5.92 Å². The van der Waals surface area contributed by atoms with E-state index in [-0.39, 0.29) is 11.8 Å². The van der Waals surface area contributed by atoms with E-state index in [4.69, 9.17) is 10.6 Å². The number of nitrogens with two attached hydrogens (primary N) is 1. The summed E-state index contributed by atoms with van der Waals surface area (Å²) in [7, 11) is 0. The van der Waals surface area contributed by atoms with Crippen molar-refractivity contribution >= 4 is 5.91 Å². The van der Waals surface area contributed by atoms with Gasteiger partial charge in [0.1, 0.15) is 0 Å². The van der Waals surface area contributed by atoms with Gasteiger partial charge >= 0.3 is 0 Å². The molecule has 0 atom stereocenters. The fraction of sp³-hybridized carbons (Fsp3) is 0.889. The standard InChI is InChI=1S/C9H18N2O2/c10-6-7-13-11-9(12)8-4-2-1-3-5-8/h8H,1-7,10H2,(H,11,12). The maximum absolute atomic E-state index is 11.4. The zero-order chi connectivity index (χ0) is 9.52. The van der Waals surface area contributed by atoms with Crippen molar-refractivity contribution in [3.05, 3.63) is 0 Å². The molecular formula is C9H18N2O2. The first-order valence-corrected chi connectivity index (χ1v) is 4.96. The van der Waals surface area contributed by atoms with Gasteiger partial charge in [0.25, 0.3) is 0 Å². The number of nitrogens with one attached hydrogen (secondary N) is 1. The minimum absolute atomic E-state index is 0.0214. The minimum atomic E-state index is 0.0214. The summed E-state index contributed by atoms with van der Waals surface area (Å²) in [6, 6.07) is 0. The molecule has 1 saturated carbocycles. The Morgan fingerprint density at radius 1 is 1.38 bits per heavy atom. The summed E-state index contributed by atoms with van der Waals surface area (Å²) in [5.41, 5.74) is 7.65. The van der Waals surface area contributed by atoms with Crippen LogP contribution in [0.4, 0.5) is 0 Å². The molecule has 13 heavy (non-hydrogen) atoms. The van der Waals surface area contributed by atoms with Gasteiger partial charge in [-0.3, -0.25) is 9.63 Å². The fourth-order valence-electron chi connectivity index (χ4n) is 1.63. The second kappa shape index (κ2) is 5.94. The highest BCUT2D eigenvalue weighted by atomic mass is 16.6. The van der Waals surface area contributed by atoms with Crippen LogP contribution in [0.15, 0.2) is 0 Å². The first-order valence-electron chi connectivity index (χ1n) is 4.96. The van der Waals surface area contributed by atoms with E-state index in [2.05, 4.69) is 5.48 Å². The van der Waals surface area contributed by atoms with Gasteiger partial charge in [-0.15, -0.1) is 0 Å². The normalized spacial score (nSPS) is 18.5. The van der Waals surface area contributed by atoms with E-state index in [1.165, 1.54) is 6.42 Å². The third kappa shape index (κ3) is 3.74. The number of hydrogen-bond donors (Lipinski definition) is 2. The summed E-state index contributed by atoms with van der Waals surface area (Å²) in [4.78, 5) is 16.3. The Morgan fingerprint density at radius 3 is 2.69 bits per heavy atom. The second-order valence-electron chi connectivity index (χ2n) is 3.44. The number of amides is 1. The molecule has 0 spiro atoms. The van der Waals surface area contributed by atoms with Gasteiger partial charge in [-0.1, -0.05) is 19.3 Å². The molecular weight excluding hydrogens is 168 g/mol. The summed E-state index contributed by atoms with van der Waals surface area (Å²) >= 11 is 0. The highest BCUT2D eigenvalue weighted by Crippen LogP contribution is 2.23. The molecule has 0 unspecified atom stereocenters. The molecule has 0 radical (unpaired) electrons. The van der Waals surface area contributed by atoms with E-state index < -0.39 is 0 Å². The third-order valence-electron chi connectivity index (χ3n) is 2.37. The van der Waals surface area contributed by atoms with E-state index in [0.717, 1.165) is 25.7 Å². The number of hydroxylamine groups is 1. The summed E-state index contributed by atoms with van der Waals surface area (Å²) in [5.74, 6) is 0.180. The smallest absolute Gasteiger partial charge is 0.246 e. The Bertz CT molecular complexity index is 156. The largest absolute Gasteiger partial charge is 0.328 e. The number of carbonyl (C=O) groups is 1. The molecule has 0 aromatic heterocycles. The van der Waals surface area contributed by atoms with Crippen molar-refractivity contribution in [2.24, 2.45) is 11.7 Å². The predicted molar refractivity (Wildman–Crippen MR) is 49.7 cm³/mol. The molecule has 0 heterocycles. The fourth-order valence-corrected chi connectivity index (χ4v) is 1.63. The number of hydrogen-bond acceptors (Lipinski definition) is 3. The van der Waals surface area contributed by atoms with Crippen molar-refractivity contribution in [3.8, 4) is 0 Å². The van der Waals surface area contributed by atoms with Crippen LogP contribution in [0.3, 0.4) is 0 Å². The zero-order valence-corrected chi connectivity index (χ0v) is 7.92. The van der Waals surface area contributed by atoms with Crippen molar-refractivity contribution < 1.29 is 9.63 Å². The Labute approximate surface area is 78.8 Å². The average Bonchev–Trinajstić information content (AvgIpc) is 2.19. The summed E-state index contributed by atoms with van der Waals surface area (Å²) in [6.45, 7) is 0.823. The van der Waals surface area contributed by atoms with Gasteiger partial charge < -0.3 is 5.73 Å². The first kappa shape index (κ1) is 10.5. The quantitative estimate of drug-likeness (QED) is 0.498. The van der Waals surface area contributed by atoms with Crippen LogP contribution in [0.1, 0.15) is 32.1 Å². The van der Waals surface area contributed by atoms with Crippen LogP contribution >= 0.6 is 0 Å². The lowest BCUT2D eigenvalue weighted by Crippen LogP contribution is -2.33. The van der Waals surface area contributed by atoms with Gasteiger partial charge in [0, 0.05) is 12.5 Å². The molecule has 1 aliphatic rings. The van der Waals surface area contributed by atoms with Crippen LogP contribution in [0.5, 0.6) is 0 Å². The molecule has 0 aliphatic heterocycles. The van der Waals surface area contributed by atoms with E-state index in [0.29, 0.717) is 13.2 Å². The molecule has 0 bridgehead atoms. The van der Waals surface area contributed by atoms with Gasteiger partial charge in [0.15, 0.2) is 0 Å².